The van der Waals surface area contributed by atoms with Crippen molar-refractivity contribution in [2.24, 2.45) is 0 Å². The molecule has 0 atom stereocenters. The molecule has 10 heteroatoms. The quantitative estimate of drug-likeness (QED) is 0.495. The minimum absolute atomic E-state index is 0.217. The van der Waals surface area contributed by atoms with Gasteiger partial charge >= 0.3 is 5.69 Å². The van der Waals surface area contributed by atoms with E-state index in [1.54, 1.807) is 24.8 Å². The van der Waals surface area contributed by atoms with Crippen LogP contribution in [0.3, 0.4) is 0 Å². The molecule has 1 aliphatic rings. The Morgan fingerprint density at radius 1 is 1.07 bits per heavy atom. The molecule has 30 heavy (non-hydrogen) atoms. The Morgan fingerprint density at radius 3 is 2.60 bits per heavy atom. The van der Waals surface area contributed by atoms with E-state index in [2.05, 4.69) is 25.1 Å². The van der Waals surface area contributed by atoms with Gasteiger partial charge < -0.3 is 9.64 Å². The third kappa shape index (κ3) is 3.42. The molecule has 0 unspecified atom stereocenters. The van der Waals surface area contributed by atoms with Crippen LogP contribution in [0.25, 0.3) is 16.8 Å². The van der Waals surface area contributed by atoms with Gasteiger partial charge in [0, 0.05) is 36.1 Å². The molecule has 0 bridgehead atoms. The molecule has 0 N–H and O–H groups in total. The molecule has 4 aromatic rings. The summed E-state index contributed by atoms with van der Waals surface area (Å²) in [5, 5.41) is 9.66. The van der Waals surface area contributed by atoms with E-state index in [9.17, 15) is 4.79 Å². The van der Waals surface area contributed by atoms with Gasteiger partial charge in [0.05, 0.1) is 43.5 Å². The zero-order valence-electron chi connectivity index (χ0n) is 16.0. The fourth-order valence-corrected chi connectivity index (χ4v) is 3.68. The molecule has 1 aliphatic heterocycles. The number of hydrogen-bond donors (Lipinski definition) is 0. The summed E-state index contributed by atoms with van der Waals surface area (Å²) in [5.74, 6) is 0. The molecule has 5 rings (SSSR count). The van der Waals surface area contributed by atoms with E-state index in [1.807, 2.05) is 24.3 Å². The van der Waals surface area contributed by atoms with E-state index in [0.717, 1.165) is 16.8 Å². The third-order valence-corrected chi connectivity index (χ3v) is 5.25. The predicted octanol–water partition coefficient (Wildman–Crippen LogP) is 1.89. The second kappa shape index (κ2) is 7.85. The largest absolute Gasteiger partial charge is 0.378 e. The monoisotopic (exact) mass is 423 g/mol. The molecule has 9 nitrogen and oxygen atoms in total. The van der Waals surface area contributed by atoms with Crippen molar-refractivity contribution >= 4 is 22.9 Å². The summed E-state index contributed by atoms with van der Waals surface area (Å²) < 4.78 is 8.22. The van der Waals surface area contributed by atoms with Gasteiger partial charge in [-0.15, -0.1) is 5.10 Å². The highest BCUT2D eigenvalue weighted by Gasteiger charge is 2.23. The standard InChI is InChI=1S/C20H18ClN7O2/c21-15-3-1-14(2-4-15)17-12-24-28-19(18(17)26-7-9-30-10-8-26)25-27(20(28)29)13-16-11-22-5-6-23-16/h1-6,11-12H,7-10,13H2. The first-order valence-electron chi connectivity index (χ1n) is 9.53. The zero-order chi connectivity index (χ0) is 20.5. The maximum Gasteiger partial charge on any atom is 0.367 e. The highest BCUT2D eigenvalue weighted by Crippen LogP contribution is 2.33. The Kier molecular flexibility index (Phi) is 4.89. The second-order valence-corrected chi connectivity index (χ2v) is 7.32. The molecule has 0 aliphatic carbocycles. The van der Waals surface area contributed by atoms with Gasteiger partial charge in [0.2, 0.25) is 5.65 Å². The first kappa shape index (κ1) is 18.7. The number of halogens is 1. The Balaban J connectivity index is 1.68. The van der Waals surface area contributed by atoms with Gasteiger partial charge in [0.15, 0.2) is 0 Å². The van der Waals surface area contributed by atoms with Gasteiger partial charge in [-0.1, -0.05) is 23.7 Å². The van der Waals surface area contributed by atoms with Crippen molar-refractivity contribution in [3.8, 4) is 11.1 Å². The summed E-state index contributed by atoms with van der Waals surface area (Å²) in [4.78, 5) is 23.4. The molecule has 3 aromatic heterocycles. The molecule has 0 saturated carbocycles. The summed E-state index contributed by atoms with van der Waals surface area (Å²) >= 11 is 6.07. The first-order chi connectivity index (χ1) is 14.7. The van der Waals surface area contributed by atoms with Gasteiger partial charge in [-0.2, -0.15) is 9.61 Å². The van der Waals surface area contributed by atoms with Crippen LogP contribution in [0.15, 0.2) is 53.8 Å². The number of ether oxygens (including phenoxy) is 1. The molecule has 4 heterocycles. The van der Waals surface area contributed by atoms with Crippen molar-refractivity contribution in [3.05, 3.63) is 70.3 Å². The number of benzene rings is 1. The lowest BCUT2D eigenvalue weighted by molar-refractivity contribution is 0.123. The van der Waals surface area contributed by atoms with Crippen molar-refractivity contribution in [1.29, 1.82) is 0 Å². The van der Waals surface area contributed by atoms with Gasteiger partial charge in [-0.05, 0) is 17.7 Å². The van der Waals surface area contributed by atoms with Crippen LogP contribution >= 0.6 is 11.6 Å². The van der Waals surface area contributed by atoms with Crippen molar-refractivity contribution in [1.82, 2.24) is 29.4 Å². The normalized spacial score (nSPS) is 14.4. The van der Waals surface area contributed by atoms with Crippen molar-refractivity contribution < 1.29 is 4.74 Å². The smallest absolute Gasteiger partial charge is 0.367 e. The van der Waals surface area contributed by atoms with Gasteiger partial charge in [0.1, 0.15) is 0 Å². The average Bonchev–Trinajstić information content (AvgIpc) is 3.10. The molecule has 1 fully saturated rings. The molecule has 0 amide bonds. The van der Waals surface area contributed by atoms with Crippen LogP contribution < -0.4 is 10.6 Å². The average molecular weight is 424 g/mol. The maximum atomic E-state index is 13.0. The van der Waals surface area contributed by atoms with E-state index in [4.69, 9.17) is 16.3 Å². The molecular weight excluding hydrogens is 406 g/mol. The van der Waals surface area contributed by atoms with Crippen molar-refractivity contribution in [2.45, 2.75) is 6.54 Å². The second-order valence-electron chi connectivity index (χ2n) is 6.89. The topological polar surface area (TPSA) is 90.4 Å². The number of nitrogens with zero attached hydrogens (tertiary/aromatic N) is 7. The fraction of sp³-hybridized carbons (Fsp3) is 0.250. The molecule has 1 aromatic carbocycles. The van der Waals surface area contributed by atoms with Crippen LogP contribution in [0, 0.1) is 0 Å². The maximum absolute atomic E-state index is 13.0. The Morgan fingerprint density at radius 2 is 1.87 bits per heavy atom. The molecule has 1 saturated heterocycles. The van der Waals surface area contributed by atoms with Gasteiger partial charge in [-0.3, -0.25) is 9.97 Å². The summed E-state index contributed by atoms with van der Waals surface area (Å²) in [5.41, 5.74) is 3.51. The number of hydrogen-bond acceptors (Lipinski definition) is 7. The number of fused-ring (bicyclic) bond motifs is 1. The zero-order valence-corrected chi connectivity index (χ0v) is 16.7. The Bertz CT molecular complexity index is 1230. The van der Waals surface area contributed by atoms with Crippen molar-refractivity contribution in [2.75, 3.05) is 31.2 Å². The Labute approximate surface area is 176 Å². The lowest BCUT2D eigenvalue weighted by Gasteiger charge is -2.30. The van der Waals surface area contributed by atoms with E-state index >= 15 is 0 Å². The van der Waals surface area contributed by atoms with E-state index in [-0.39, 0.29) is 12.2 Å². The minimum atomic E-state index is -0.326. The van der Waals surface area contributed by atoms with E-state index < -0.39 is 0 Å². The molecule has 0 radical (unpaired) electrons. The van der Waals surface area contributed by atoms with Crippen LogP contribution in [0.2, 0.25) is 5.02 Å². The number of morpholine rings is 1. The SMILES string of the molecule is O=c1n(Cc2cnccn2)nc2c(N3CCOCC3)c(-c3ccc(Cl)cc3)cnn12. The van der Waals surface area contributed by atoms with Gasteiger partial charge in [0.25, 0.3) is 0 Å². The highest BCUT2D eigenvalue weighted by atomic mass is 35.5. The predicted molar refractivity (Wildman–Crippen MR) is 112 cm³/mol. The summed E-state index contributed by atoms with van der Waals surface area (Å²) in [6, 6.07) is 7.55. The summed E-state index contributed by atoms with van der Waals surface area (Å²) in [7, 11) is 0. The van der Waals surface area contributed by atoms with Crippen LogP contribution in [-0.2, 0) is 11.3 Å². The first-order valence-corrected chi connectivity index (χ1v) is 9.91. The minimum Gasteiger partial charge on any atom is -0.378 e. The highest BCUT2D eigenvalue weighted by molar-refractivity contribution is 6.30. The van der Waals surface area contributed by atoms with Crippen LogP contribution in [-0.4, -0.2) is 55.7 Å². The van der Waals surface area contributed by atoms with E-state index in [1.165, 1.54) is 9.20 Å². The van der Waals surface area contributed by atoms with Crippen molar-refractivity contribution in [3.63, 3.8) is 0 Å². The van der Waals surface area contributed by atoms with Crippen LogP contribution in [0.5, 0.6) is 0 Å². The summed E-state index contributed by atoms with van der Waals surface area (Å²) in [6.07, 6.45) is 6.50. The number of anilines is 1. The molecular formula is C20H18ClN7O2. The number of aromatic nitrogens is 6. The third-order valence-electron chi connectivity index (χ3n) is 5.00. The van der Waals surface area contributed by atoms with Crippen LogP contribution in [0.1, 0.15) is 5.69 Å². The summed E-state index contributed by atoms with van der Waals surface area (Å²) in [6.45, 7) is 2.84. The Hall–Kier alpha value is -3.30. The molecule has 0 spiro atoms. The van der Waals surface area contributed by atoms with Crippen LogP contribution in [0.4, 0.5) is 5.69 Å². The van der Waals surface area contributed by atoms with E-state index in [0.29, 0.717) is 42.7 Å². The van der Waals surface area contributed by atoms with Gasteiger partial charge in [-0.25, -0.2) is 9.48 Å². The fourth-order valence-electron chi connectivity index (χ4n) is 3.56. The lowest BCUT2D eigenvalue weighted by atomic mass is 10.1. The molecule has 152 valence electrons. The lowest BCUT2D eigenvalue weighted by Crippen LogP contribution is -2.37. The number of rotatable bonds is 4.